The molecule has 0 spiro atoms. The van der Waals surface area contributed by atoms with Crippen LogP contribution in [0, 0.1) is 5.92 Å². The van der Waals surface area contributed by atoms with Crippen LogP contribution in [0.2, 0.25) is 0 Å². The van der Waals surface area contributed by atoms with Crippen LogP contribution in [0.3, 0.4) is 0 Å². The third-order valence-electron chi connectivity index (χ3n) is 4.60. The van der Waals surface area contributed by atoms with E-state index in [1.165, 1.54) is 6.42 Å². The van der Waals surface area contributed by atoms with E-state index < -0.39 is 0 Å². The van der Waals surface area contributed by atoms with Crippen molar-refractivity contribution in [3.05, 3.63) is 42.7 Å². The Hall–Kier alpha value is -2.34. The summed E-state index contributed by atoms with van der Waals surface area (Å²) in [5.41, 5.74) is 1.67. The van der Waals surface area contributed by atoms with Crippen LogP contribution in [-0.4, -0.2) is 33.6 Å². The summed E-state index contributed by atoms with van der Waals surface area (Å²) in [7, 11) is 0. The van der Waals surface area contributed by atoms with Gasteiger partial charge in [0.15, 0.2) is 0 Å². The highest BCUT2D eigenvalue weighted by Crippen LogP contribution is 2.23. The van der Waals surface area contributed by atoms with Gasteiger partial charge in [-0.15, -0.1) is 0 Å². The molecular formula is C18H24N4O2. The molecule has 128 valence electrons. The molecule has 0 saturated heterocycles. The number of urea groups is 1. The number of benzene rings is 1. The molecule has 2 unspecified atom stereocenters. The van der Waals surface area contributed by atoms with Crippen LogP contribution in [0.15, 0.2) is 42.7 Å². The fourth-order valence-electron chi connectivity index (χ4n) is 3.25. The van der Waals surface area contributed by atoms with E-state index in [9.17, 15) is 9.90 Å². The van der Waals surface area contributed by atoms with Crippen molar-refractivity contribution in [3.63, 3.8) is 0 Å². The number of hydrogen-bond donors (Lipinski definition) is 3. The number of aromatic nitrogens is 2. The first-order valence-corrected chi connectivity index (χ1v) is 8.55. The second kappa shape index (κ2) is 7.97. The van der Waals surface area contributed by atoms with Crippen LogP contribution in [0.25, 0.3) is 5.69 Å². The molecule has 1 aromatic heterocycles. The van der Waals surface area contributed by atoms with Crippen molar-refractivity contribution in [1.82, 2.24) is 15.1 Å². The smallest absolute Gasteiger partial charge is 0.319 e. The van der Waals surface area contributed by atoms with Crippen molar-refractivity contribution in [2.24, 2.45) is 5.92 Å². The van der Waals surface area contributed by atoms with E-state index in [0.29, 0.717) is 0 Å². The van der Waals surface area contributed by atoms with Crippen molar-refractivity contribution in [3.8, 4) is 5.69 Å². The lowest BCUT2D eigenvalue weighted by Gasteiger charge is -2.24. The third kappa shape index (κ3) is 4.14. The minimum atomic E-state index is -0.216. The van der Waals surface area contributed by atoms with Crippen LogP contribution in [0.4, 0.5) is 10.5 Å². The first kappa shape index (κ1) is 16.5. The fourth-order valence-corrected chi connectivity index (χ4v) is 3.25. The zero-order valence-electron chi connectivity index (χ0n) is 13.7. The number of amides is 2. The van der Waals surface area contributed by atoms with Gasteiger partial charge in [0, 0.05) is 36.6 Å². The number of hydrogen-bond acceptors (Lipinski definition) is 3. The molecule has 0 aliphatic heterocycles. The minimum Gasteiger partial charge on any atom is -0.396 e. The SMILES string of the molecule is O=C(Nc1ccc(-n2cccn2)cc1)NC1CCCCCC1CO. The maximum Gasteiger partial charge on any atom is 0.319 e. The lowest BCUT2D eigenvalue weighted by Crippen LogP contribution is -2.43. The van der Waals surface area contributed by atoms with Crippen LogP contribution in [-0.2, 0) is 0 Å². The molecule has 2 amide bonds. The molecule has 3 N–H and O–H groups in total. The summed E-state index contributed by atoms with van der Waals surface area (Å²) in [4.78, 5) is 12.2. The number of anilines is 1. The Morgan fingerprint density at radius 1 is 1.21 bits per heavy atom. The maximum atomic E-state index is 12.2. The van der Waals surface area contributed by atoms with E-state index in [2.05, 4.69) is 15.7 Å². The van der Waals surface area contributed by atoms with Gasteiger partial charge in [-0.2, -0.15) is 5.10 Å². The molecule has 2 atom stereocenters. The molecular weight excluding hydrogens is 304 g/mol. The van der Waals surface area contributed by atoms with Crippen molar-refractivity contribution < 1.29 is 9.90 Å². The number of carbonyl (C=O) groups is 1. The van der Waals surface area contributed by atoms with E-state index in [1.807, 2.05) is 36.5 Å². The Kier molecular flexibility index (Phi) is 5.48. The molecule has 0 radical (unpaired) electrons. The second-order valence-corrected chi connectivity index (χ2v) is 6.28. The van der Waals surface area contributed by atoms with Crippen LogP contribution >= 0.6 is 0 Å². The summed E-state index contributed by atoms with van der Waals surface area (Å²) in [5, 5.41) is 19.6. The lowest BCUT2D eigenvalue weighted by molar-refractivity contribution is 0.182. The summed E-state index contributed by atoms with van der Waals surface area (Å²) in [6.45, 7) is 0.128. The van der Waals surface area contributed by atoms with Gasteiger partial charge >= 0.3 is 6.03 Å². The van der Waals surface area contributed by atoms with Crippen molar-refractivity contribution in [2.45, 2.75) is 38.1 Å². The predicted octanol–water partition coefficient (Wildman–Crippen LogP) is 2.94. The molecule has 1 fully saturated rings. The normalized spacial score (nSPS) is 21.0. The zero-order chi connectivity index (χ0) is 16.8. The van der Waals surface area contributed by atoms with Gasteiger partial charge < -0.3 is 15.7 Å². The standard InChI is InChI=1S/C18H24N4O2/c23-13-14-5-2-1-3-6-17(14)21-18(24)20-15-7-9-16(10-8-15)22-12-4-11-19-22/h4,7-12,14,17,23H,1-3,5-6,13H2,(H2,20,21,24). The number of rotatable bonds is 4. The Labute approximate surface area is 141 Å². The highest BCUT2D eigenvalue weighted by Gasteiger charge is 2.24. The molecule has 1 saturated carbocycles. The zero-order valence-corrected chi connectivity index (χ0v) is 13.7. The summed E-state index contributed by atoms with van der Waals surface area (Å²) < 4.78 is 1.77. The second-order valence-electron chi connectivity index (χ2n) is 6.28. The molecule has 3 rings (SSSR count). The first-order chi connectivity index (χ1) is 11.8. The number of aliphatic hydroxyl groups is 1. The highest BCUT2D eigenvalue weighted by molar-refractivity contribution is 5.89. The number of nitrogens with one attached hydrogen (secondary N) is 2. The van der Waals surface area contributed by atoms with Crippen molar-refractivity contribution >= 4 is 11.7 Å². The molecule has 1 aliphatic rings. The summed E-state index contributed by atoms with van der Waals surface area (Å²) >= 11 is 0. The van der Waals surface area contributed by atoms with Gasteiger partial charge in [-0.25, -0.2) is 9.48 Å². The topological polar surface area (TPSA) is 79.2 Å². The van der Waals surface area contributed by atoms with Gasteiger partial charge in [-0.05, 0) is 43.2 Å². The Morgan fingerprint density at radius 3 is 2.71 bits per heavy atom. The van der Waals surface area contributed by atoms with Gasteiger partial charge in [0.05, 0.1) is 5.69 Å². The molecule has 1 aliphatic carbocycles. The van der Waals surface area contributed by atoms with Crippen LogP contribution < -0.4 is 10.6 Å². The third-order valence-corrected chi connectivity index (χ3v) is 4.60. The molecule has 1 heterocycles. The Morgan fingerprint density at radius 2 is 2.00 bits per heavy atom. The molecule has 6 nitrogen and oxygen atoms in total. The molecule has 0 bridgehead atoms. The van der Waals surface area contributed by atoms with E-state index >= 15 is 0 Å². The van der Waals surface area contributed by atoms with Crippen molar-refractivity contribution in [1.29, 1.82) is 0 Å². The van der Waals surface area contributed by atoms with Gasteiger partial charge in [0.2, 0.25) is 0 Å². The van der Waals surface area contributed by atoms with Crippen LogP contribution in [0.1, 0.15) is 32.1 Å². The Bertz CT molecular complexity index is 640. The van der Waals surface area contributed by atoms with Gasteiger partial charge in [0.25, 0.3) is 0 Å². The van der Waals surface area contributed by atoms with Gasteiger partial charge in [-0.1, -0.05) is 19.3 Å². The monoisotopic (exact) mass is 328 g/mol. The number of aliphatic hydroxyl groups excluding tert-OH is 1. The first-order valence-electron chi connectivity index (χ1n) is 8.55. The quantitative estimate of drug-likeness (QED) is 0.755. The highest BCUT2D eigenvalue weighted by atomic mass is 16.3. The predicted molar refractivity (Wildman–Crippen MR) is 93.2 cm³/mol. The van der Waals surface area contributed by atoms with Crippen LogP contribution in [0.5, 0.6) is 0 Å². The largest absolute Gasteiger partial charge is 0.396 e. The average Bonchev–Trinajstić information content (AvgIpc) is 3.03. The van der Waals surface area contributed by atoms with E-state index in [4.69, 9.17) is 0 Å². The van der Waals surface area contributed by atoms with Crippen molar-refractivity contribution in [2.75, 3.05) is 11.9 Å². The summed E-state index contributed by atoms with van der Waals surface area (Å²) in [5.74, 6) is 0.153. The minimum absolute atomic E-state index is 0.0425. The summed E-state index contributed by atoms with van der Waals surface area (Å²) in [6.07, 6.45) is 8.89. The molecule has 1 aromatic carbocycles. The average molecular weight is 328 g/mol. The summed E-state index contributed by atoms with van der Waals surface area (Å²) in [6, 6.07) is 9.22. The van der Waals surface area contributed by atoms with Gasteiger partial charge in [-0.3, -0.25) is 0 Å². The fraction of sp³-hybridized carbons (Fsp3) is 0.444. The van der Waals surface area contributed by atoms with E-state index in [0.717, 1.165) is 37.1 Å². The molecule has 2 aromatic rings. The lowest BCUT2D eigenvalue weighted by atomic mass is 9.96. The Balaban J connectivity index is 1.58. The van der Waals surface area contributed by atoms with E-state index in [-0.39, 0.29) is 24.6 Å². The number of nitrogens with zero attached hydrogens (tertiary/aromatic N) is 2. The molecule has 24 heavy (non-hydrogen) atoms. The van der Waals surface area contributed by atoms with Gasteiger partial charge in [0.1, 0.15) is 0 Å². The maximum absolute atomic E-state index is 12.2. The van der Waals surface area contributed by atoms with E-state index in [1.54, 1.807) is 10.9 Å². The molecule has 6 heteroatoms. The number of carbonyl (C=O) groups excluding carboxylic acids is 1.